The van der Waals surface area contributed by atoms with Crippen LogP contribution in [0.5, 0.6) is 0 Å². The van der Waals surface area contributed by atoms with Crippen LogP contribution < -0.4 is 0 Å². The number of rotatable bonds is 4. The third kappa shape index (κ3) is 2.27. The van der Waals surface area contributed by atoms with Gasteiger partial charge >= 0.3 is 0 Å². The van der Waals surface area contributed by atoms with Crippen LogP contribution in [-0.2, 0) is 6.42 Å². The van der Waals surface area contributed by atoms with Crippen molar-refractivity contribution in [1.29, 1.82) is 0 Å². The summed E-state index contributed by atoms with van der Waals surface area (Å²) in [7, 11) is 2.15. The largest absolute Gasteiger partial charge is 0.299 e. The van der Waals surface area contributed by atoms with Gasteiger partial charge in [-0.2, -0.15) is 0 Å². The molecule has 0 aromatic heterocycles. The highest BCUT2D eigenvalue weighted by Crippen LogP contribution is 2.35. The van der Waals surface area contributed by atoms with E-state index >= 15 is 0 Å². The normalized spacial score (nSPS) is 19.1. The van der Waals surface area contributed by atoms with Gasteiger partial charge < -0.3 is 0 Å². The molecule has 1 aliphatic carbocycles. The van der Waals surface area contributed by atoms with E-state index in [0.717, 1.165) is 19.4 Å². The van der Waals surface area contributed by atoms with Crippen LogP contribution in [0.4, 0.5) is 4.39 Å². The Morgan fingerprint density at radius 3 is 3.00 bits per heavy atom. The molecule has 88 valence electrons. The number of hydrogen-bond acceptors (Lipinski definition) is 1. The lowest BCUT2D eigenvalue weighted by molar-refractivity contribution is 0.240. The van der Waals surface area contributed by atoms with Gasteiger partial charge in [0, 0.05) is 6.04 Å². The molecule has 0 aliphatic heterocycles. The molecule has 1 aromatic carbocycles. The van der Waals surface area contributed by atoms with Crippen LogP contribution >= 0.6 is 0 Å². The zero-order valence-electron chi connectivity index (χ0n) is 10.2. The van der Waals surface area contributed by atoms with E-state index in [9.17, 15) is 4.39 Å². The molecule has 2 rings (SSSR count). The van der Waals surface area contributed by atoms with Crippen LogP contribution in [0.2, 0.25) is 0 Å². The molecule has 0 amide bonds. The zero-order chi connectivity index (χ0) is 11.5. The van der Waals surface area contributed by atoms with Gasteiger partial charge in [-0.1, -0.05) is 19.4 Å². The van der Waals surface area contributed by atoms with Crippen LogP contribution in [0.25, 0.3) is 0 Å². The summed E-state index contributed by atoms with van der Waals surface area (Å²) in [6, 6.07) is 5.67. The van der Waals surface area contributed by atoms with Gasteiger partial charge in [-0.25, -0.2) is 4.39 Å². The van der Waals surface area contributed by atoms with E-state index in [1.54, 1.807) is 12.1 Å². The van der Waals surface area contributed by atoms with Gasteiger partial charge in [0.2, 0.25) is 0 Å². The van der Waals surface area contributed by atoms with Gasteiger partial charge in [0.05, 0.1) is 0 Å². The fraction of sp³-hybridized carbons (Fsp3) is 0.571. The monoisotopic (exact) mass is 221 g/mol. The summed E-state index contributed by atoms with van der Waals surface area (Å²) in [5.41, 5.74) is 2.54. The molecule has 0 saturated heterocycles. The summed E-state index contributed by atoms with van der Waals surface area (Å²) < 4.78 is 13.2. The molecular weight excluding hydrogens is 201 g/mol. The Hall–Kier alpha value is -0.890. The van der Waals surface area contributed by atoms with Crippen LogP contribution in [0.15, 0.2) is 18.2 Å². The van der Waals surface area contributed by atoms with Crippen molar-refractivity contribution in [2.24, 2.45) is 0 Å². The molecule has 2 heteroatoms. The predicted octanol–water partition coefficient (Wildman–Crippen LogP) is 3.54. The van der Waals surface area contributed by atoms with Crippen LogP contribution in [0.3, 0.4) is 0 Å². The first kappa shape index (κ1) is 11.6. The highest BCUT2D eigenvalue weighted by Gasteiger charge is 2.25. The number of nitrogens with zero attached hydrogens (tertiary/aromatic N) is 1. The maximum absolute atomic E-state index is 13.2. The minimum atomic E-state index is -0.102. The van der Waals surface area contributed by atoms with Crippen LogP contribution in [0, 0.1) is 5.82 Å². The zero-order valence-corrected chi connectivity index (χ0v) is 10.2. The first-order valence-corrected chi connectivity index (χ1v) is 6.21. The fourth-order valence-corrected chi connectivity index (χ4v) is 2.57. The summed E-state index contributed by atoms with van der Waals surface area (Å²) in [5.74, 6) is -0.102. The molecule has 0 spiro atoms. The molecule has 0 fully saturated rings. The molecule has 0 heterocycles. The average molecular weight is 221 g/mol. The summed E-state index contributed by atoms with van der Waals surface area (Å²) in [5, 5.41) is 0. The summed E-state index contributed by atoms with van der Waals surface area (Å²) in [4.78, 5) is 2.37. The van der Waals surface area contributed by atoms with Gasteiger partial charge in [0.25, 0.3) is 0 Å². The molecule has 0 radical (unpaired) electrons. The second-order valence-corrected chi connectivity index (χ2v) is 4.73. The van der Waals surface area contributed by atoms with E-state index in [2.05, 4.69) is 18.9 Å². The minimum Gasteiger partial charge on any atom is -0.299 e. The van der Waals surface area contributed by atoms with E-state index < -0.39 is 0 Å². The standard InChI is InChI=1S/C14H20FN/c1-3-4-9-16(2)14-8-6-11-5-7-12(15)10-13(11)14/h5,7,10,14H,3-4,6,8-9H2,1-2H3. The lowest BCUT2D eigenvalue weighted by atomic mass is 10.1. The lowest BCUT2D eigenvalue weighted by Crippen LogP contribution is -2.24. The van der Waals surface area contributed by atoms with Gasteiger partial charge in [-0.15, -0.1) is 0 Å². The second kappa shape index (κ2) is 4.96. The third-order valence-electron chi connectivity index (χ3n) is 3.55. The number of aryl methyl sites for hydroxylation is 1. The Bertz CT molecular complexity index is 362. The number of unbranched alkanes of at least 4 members (excludes halogenated alkanes) is 1. The Morgan fingerprint density at radius 1 is 1.44 bits per heavy atom. The molecule has 1 unspecified atom stereocenters. The van der Waals surface area contributed by atoms with E-state index in [4.69, 9.17) is 0 Å². The van der Waals surface area contributed by atoms with Crippen molar-refractivity contribution in [3.8, 4) is 0 Å². The summed E-state index contributed by atoms with van der Waals surface area (Å²) >= 11 is 0. The van der Waals surface area contributed by atoms with Gasteiger partial charge in [0.15, 0.2) is 0 Å². The summed E-state index contributed by atoms with van der Waals surface area (Å²) in [6.07, 6.45) is 4.67. The Kier molecular flexibility index (Phi) is 3.59. The van der Waals surface area contributed by atoms with Crippen LogP contribution in [0.1, 0.15) is 43.4 Å². The van der Waals surface area contributed by atoms with Crippen molar-refractivity contribution in [1.82, 2.24) is 4.90 Å². The summed E-state index contributed by atoms with van der Waals surface area (Å²) in [6.45, 7) is 3.31. The van der Waals surface area contributed by atoms with Crippen molar-refractivity contribution in [2.45, 2.75) is 38.6 Å². The molecule has 1 atom stereocenters. The van der Waals surface area contributed by atoms with Gasteiger partial charge in [-0.3, -0.25) is 4.90 Å². The first-order chi connectivity index (χ1) is 7.72. The topological polar surface area (TPSA) is 3.24 Å². The van der Waals surface area contributed by atoms with Crippen molar-refractivity contribution in [3.63, 3.8) is 0 Å². The van der Waals surface area contributed by atoms with Gasteiger partial charge in [-0.05, 0) is 56.1 Å². The molecule has 0 saturated carbocycles. The molecule has 16 heavy (non-hydrogen) atoms. The molecule has 1 nitrogen and oxygen atoms in total. The molecule has 0 bridgehead atoms. The molecule has 1 aromatic rings. The third-order valence-corrected chi connectivity index (χ3v) is 3.55. The molecular formula is C14H20FN. The number of fused-ring (bicyclic) bond motifs is 1. The van der Waals surface area contributed by atoms with Gasteiger partial charge in [0.1, 0.15) is 5.82 Å². The lowest BCUT2D eigenvalue weighted by Gasteiger charge is -2.25. The number of benzene rings is 1. The van der Waals surface area contributed by atoms with E-state index in [1.807, 2.05) is 6.07 Å². The first-order valence-electron chi connectivity index (χ1n) is 6.21. The van der Waals surface area contributed by atoms with Crippen LogP contribution in [-0.4, -0.2) is 18.5 Å². The maximum Gasteiger partial charge on any atom is 0.123 e. The van der Waals surface area contributed by atoms with E-state index in [-0.39, 0.29) is 5.82 Å². The number of halogens is 1. The highest BCUT2D eigenvalue weighted by molar-refractivity contribution is 5.35. The van der Waals surface area contributed by atoms with E-state index in [1.165, 1.54) is 24.0 Å². The fourth-order valence-electron chi connectivity index (χ4n) is 2.57. The minimum absolute atomic E-state index is 0.102. The Morgan fingerprint density at radius 2 is 2.25 bits per heavy atom. The predicted molar refractivity (Wildman–Crippen MR) is 65.0 cm³/mol. The smallest absolute Gasteiger partial charge is 0.123 e. The average Bonchev–Trinajstić information content (AvgIpc) is 2.68. The Labute approximate surface area is 97.3 Å². The molecule has 0 N–H and O–H groups in total. The van der Waals surface area contributed by atoms with E-state index in [0.29, 0.717) is 6.04 Å². The van der Waals surface area contributed by atoms with Crippen molar-refractivity contribution in [2.75, 3.05) is 13.6 Å². The number of hydrogen-bond donors (Lipinski definition) is 0. The van der Waals surface area contributed by atoms with Crippen molar-refractivity contribution in [3.05, 3.63) is 35.1 Å². The molecule has 1 aliphatic rings. The van der Waals surface area contributed by atoms with Crippen molar-refractivity contribution >= 4 is 0 Å². The second-order valence-electron chi connectivity index (χ2n) is 4.73. The van der Waals surface area contributed by atoms with Crippen molar-refractivity contribution < 1.29 is 4.39 Å². The maximum atomic E-state index is 13.2. The quantitative estimate of drug-likeness (QED) is 0.751. The Balaban J connectivity index is 2.12. The highest BCUT2D eigenvalue weighted by atomic mass is 19.1. The SMILES string of the molecule is CCCCN(C)C1CCc2ccc(F)cc21.